The van der Waals surface area contributed by atoms with Gasteiger partial charge in [-0.05, 0) is 46.8 Å². The van der Waals surface area contributed by atoms with Crippen LogP contribution >= 0.6 is 0 Å². The normalized spacial score (nSPS) is 13.6. The van der Waals surface area contributed by atoms with Crippen molar-refractivity contribution in [3.63, 3.8) is 0 Å². The lowest BCUT2D eigenvalue weighted by molar-refractivity contribution is -0.137. The largest absolute Gasteiger partial charge is 0.479 e. The third-order valence-electron chi connectivity index (χ3n) is 3.31. The van der Waals surface area contributed by atoms with Crippen molar-refractivity contribution >= 4 is 5.91 Å². The zero-order chi connectivity index (χ0) is 16.0. The number of carbonyl (C=O) groups excluding carboxylic acids is 1. The minimum atomic E-state index is -0.527. The number of aryl methyl sites for hydroxylation is 1. The Kier molecular flexibility index (Phi) is 6.62. The van der Waals surface area contributed by atoms with Crippen LogP contribution in [0.25, 0.3) is 0 Å². The lowest BCUT2D eigenvalue weighted by atomic mass is 10.1. The van der Waals surface area contributed by atoms with Gasteiger partial charge in [-0.3, -0.25) is 9.78 Å². The van der Waals surface area contributed by atoms with Gasteiger partial charge in [0.25, 0.3) is 5.91 Å². The molecular formula is C16H27N3O2. The van der Waals surface area contributed by atoms with Crippen molar-refractivity contribution in [3.8, 4) is 5.75 Å². The van der Waals surface area contributed by atoms with Gasteiger partial charge in [-0.2, -0.15) is 0 Å². The summed E-state index contributed by atoms with van der Waals surface area (Å²) < 4.78 is 5.84. The van der Waals surface area contributed by atoms with Crippen LogP contribution in [-0.4, -0.2) is 41.0 Å². The van der Waals surface area contributed by atoms with Gasteiger partial charge in [0, 0.05) is 31.2 Å². The number of carbonyl (C=O) groups is 1. The zero-order valence-electron chi connectivity index (χ0n) is 13.7. The first kappa shape index (κ1) is 17.4. The lowest BCUT2D eigenvalue weighted by Crippen LogP contribution is -2.40. The summed E-state index contributed by atoms with van der Waals surface area (Å²) in [5, 5.41) is 0. The maximum atomic E-state index is 12.3. The molecule has 1 aromatic heterocycles. The van der Waals surface area contributed by atoms with Gasteiger partial charge in [-0.25, -0.2) is 0 Å². The number of ether oxygens (including phenoxy) is 1. The fourth-order valence-electron chi connectivity index (χ4n) is 2.19. The molecule has 1 heterocycles. The molecule has 2 unspecified atom stereocenters. The molecule has 2 atom stereocenters. The number of nitrogens with zero attached hydrogens (tertiary/aromatic N) is 2. The average Bonchev–Trinajstić information content (AvgIpc) is 2.42. The molecule has 5 nitrogen and oxygen atoms in total. The summed E-state index contributed by atoms with van der Waals surface area (Å²) in [6, 6.07) is 3.75. The summed E-state index contributed by atoms with van der Waals surface area (Å²) >= 11 is 0. The van der Waals surface area contributed by atoms with E-state index in [2.05, 4.69) is 4.98 Å². The van der Waals surface area contributed by atoms with Crippen molar-refractivity contribution in [3.05, 3.63) is 23.5 Å². The molecule has 0 fully saturated rings. The van der Waals surface area contributed by atoms with Gasteiger partial charge in [0.15, 0.2) is 6.10 Å². The summed E-state index contributed by atoms with van der Waals surface area (Å²) in [7, 11) is 0. The molecule has 5 heteroatoms. The minimum absolute atomic E-state index is 0.00422. The summed E-state index contributed by atoms with van der Waals surface area (Å²) in [6.07, 6.45) is 0.102. The van der Waals surface area contributed by atoms with E-state index in [4.69, 9.17) is 10.5 Å². The molecule has 0 aliphatic rings. The highest BCUT2D eigenvalue weighted by atomic mass is 16.5. The van der Waals surface area contributed by atoms with Crippen molar-refractivity contribution in [2.75, 3.05) is 13.1 Å². The van der Waals surface area contributed by atoms with Crippen LogP contribution in [0, 0.1) is 6.92 Å². The Morgan fingerprint density at radius 1 is 1.33 bits per heavy atom. The molecule has 118 valence electrons. The second-order valence-corrected chi connectivity index (χ2v) is 5.35. The molecule has 0 aliphatic carbocycles. The monoisotopic (exact) mass is 293 g/mol. The molecule has 0 spiro atoms. The number of amides is 1. The molecule has 1 aromatic rings. The summed E-state index contributed by atoms with van der Waals surface area (Å²) in [5.74, 6) is 0.637. The molecule has 1 amide bonds. The molecule has 0 radical (unpaired) electrons. The van der Waals surface area contributed by atoms with Gasteiger partial charge >= 0.3 is 0 Å². The Hall–Kier alpha value is -1.62. The first-order chi connectivity index (χ1) is 9.88. The van der Waals surface area contributed by atoms with Crippen LogP contribution in [0.5, 0.6) is 5.75 Å². The molecule has 0 aromatic carbocycles. The third kappa shape index (κ3) is 5.01. The van der Waals surface area contributed by atoms with Gasteiger partial charge in [0.05, 0.1) is 5.69 Å². The van der Waals surface area contributed by atoms with Gasteiger partial charge < -0.3 is 15.4 Å². The molecule has 0 aliphatic heterocycles. The predicted molar refractivity (Wildman–Crippen MR) is 84.3 cm³/mol. The zero-order valence-corrected chi connectivity index (χ0v) is 13.7. The van der Waals surface area contributed by atoms with E-state index in [1.807, 2.05) is 39.8 Å². The summed E-state index contributed by atoms with van der Waals surface area (Å²) in [6.45, 7) is 10.9. The number of pyridine rings is 1. The van der Waals surface area contributed by atoms with E-state index in [0.29, 0.717) is 25.3 Å². The first-order valence-electron chi connectivity index (χ1n) is 7.56. The van der Waals surface area contributed by atoms with E-state index < -0.39 is 6.10 Å². The van der Waals surface area contributed by atoms with Crippen LogP contribution in [0.2, 0.25) is 0 Å². The van der Waals surface area contributed by atoms with Crippen molar-refractivity contribution < 1.29 is 9.53 Å². The molecule has 0 bridgehead atoms. The van der Waals surface area contributed by atoms with Crippen LogP contribution < -0.4 is 10.5 Å². The molecule has 1 rings (SSSR count). The van der Waals surface area contributed by atoms with Crippen LogP contribution in [0.1, 0.15) is 39.1 Å². The maximum absolute atomic E-state index is 12.3. The highest BCUT2D eigenvalue weighted by Crippen LogP contribution is 2.20. The standard InChI is InChI=1S/C16H27N3O2/c1-6-19(7-2)16(20)13(5)21-15-9-8-12(4)18-14(15)10-11(3)17/h8-9,11,13H,6-7,10,17H2,1-5H3. The van der Waals surface area contributed by atoms with Crippen molar-refractivity contribution in [2.24, 2.45) is 5.73 Å². The fourth-order valence-corrected chi connectivity index (χ4v) is 2.19. The van der Waals surface area contributed by atoms with Crippen LogP contribution in [0.3, 0.4) is 0 Å². The Morgan fingerprint density at radius 2 is 1.95 bits per heavy atom. The van der Waals surface area contributed by atoms with Gasteiger partial charge in [0.1, 0.15) is 5.75 Å². The Bertz CT molecular complexity index is 471. The van der Waals surface area contributed by atoms with Gasteiger partial charge in [-0.15, -0.1) is 0 Å². The number of nitrogens with two attached hydrogens (primary N) is 1. The lowest BCUT2D eigenvalue weighted by Gasteiger charge is -2.24. The van der Waals surface area contributed by atoms with Gasteiger partial charge in [-0.1, -0.05) is 0 Å². The fraction of sp³-hybridized carbons (Fsp3) is 0.625. The summed E-state index contributed by atoms with van der Waals surface area (Å²) in [5.41, 5.74) is 7.58. The number of hydrogen-bond acceptors (Lipinski definition) is 4. The van der Waals surface area contributed by atoms with E-state index in [0.717, 1.165) is 11.4 Å². The summed E-state index contributed by atoms with van der Waals surface area (Å²) in [4.78, 5) is 18.5. The quantitative estimate of drug-likeness (QED) is 0.834. The molecule has 0 saturated carbocycles. The van der Waals surface area contributed by atoms with Crippen molar-refractivity contribution in [2.45, 2.75) is 53.2 Å². The Morgan fingerprint density at radius 3 is 2.48 bits per heavy atom. The van der Waals surface area contributed by atoms with Crippen LogP contribution in [-0.2, 0) is 11.2 Å². The van der Waals surface area contributed by atoms with E-state index in [1.54, 1.807) is 11.8 Å². The topological polar surface area (TPSA) is 68.5 Å². The maximum Gasteiger partial charge on any atom is 0.263 e. The minimum Gasteiger partial charge on any atom is -0.479 e. The van der Waals surface area contributed by atoms with Crippen molar-refractivity contribution in [1.82, 2.24) is 9.88 Å². The first-order valence-corrected chi connectivity index (χ1v) is 7.56. The molecule has 2 N–H and O–H groups in total. The Labute approximate surface area is 127 Å². The van der Waals surface area contributed by atoms with Gasteiger partial charge in [0.2, 0.25) is 0 Å². The predicted octanol–water partition coefficient (Wildman–Crippen LogP) is 1.92. The number of hydrogen-bond donors (Lipinski definition) is 1. The SMILES string of the molecule is CCN(CC)C(=O)C(C)Oc1ccc(C)nc1CC(C)N. The van der Waals surface area contributed by atoms with E-state index in [-0.39, 0.29) is 11.9 Å². The highest BCUT2D eigenvalue weighted by Gasteiger charge is 2.21. The Balaban J connectivity index is 2.88. The van der Waals surface area contributed by atoms with Crippen LogP contribution in [0.4, 0.5) is 0 Å². The highest BCUT2D eigenvalue weighted by molar-refractivity contribution is 5.80. The molecule has 21 heavy (non-hydrogen) atoms. The average molecular weight is 293 g/mol. The van der Waals surface area contributed by atoms with Crippen LogP contribution in [0.15, 0.2) is 12.1 Å². The number of rotatable bonds is 7. The smallest absolute Gasteiger partial charge is 0.263 e. The van der Waals surface area contributed by atoms with E-state index >= 15 is 0 Å². The molecular weight excluding hydrogens is 266 g/mol. The number of likely N-dealkylation sites (N-methyl/N-ethyl adjacent to an activating group) is 1. The van der Waals surface area contributed by atoms with E-state index in [9.17, 15) is 4.79 Å². The van der Waals surface area contributed by atoms with Crippen molar-refractivity contribution in [1.29, 1.82) is 0 Å². The molecule has 0 saturated heterocycles. The second kappa shape index (κ2) is 7.98. The van der Waals surface area contributed by atoms with E-state index in [1.165, 1.54) is 0 Å². The second-order valence-electron chi connectivity index (χ2n) is 5.35. The number of aromatic nitrogens is 1. The third-order valence-corrected chi connectivity index (χ3v) is 3.31.